The van der Waals surface area contributed by atoms with E-state index in [2.05, 4.69) is 20.3 Å². The summed E-state index contributed by atoms with van der Waals surface area (Å²) >= 11 is 0. The van der Waals surface area contributed by atoms with Gasteiger partial charge >= 0.3 is 5.97 Å². The molecule has 1 saturated carbocycles. The van der Waals surface area contributed by atoms with Crippen LogP contribution >= 0.6 is 0 Å². The van der Waals surface area contributed by atoms with Crippen molar-refractivity contribution >= 4 is 35.7 Å². The van der Waals surface area contributed by atoms with Gasteiger partial charge in [-0.15, -0.1) is 0 Å². The first-order chi connectivity index (χ1) is 15.2. The molecule has 0 saturated heterocycles. The SMILES string of the molecule is CC(=O)O[C@@H](C)[C@H](O)C1CNc2nc(N=CN(C)C)[nH]c(=O)c2N1C(=O)CC1CCCC1. The highest BCUT2D eigenvalue weighted by atomic mass is 16.6. The third kappa shape index (κ3) is 5.45. The summed E-state index contributed by atoms with van der Waals surface area (Å²) in [7, 11) is 3.58. The van der Waals surface area contributed by atoms with Gasteiger partial charge in [-0.3, -0.25) is 24.3 Å². The van der Waals surface area contributed by atoms with Gasteiger partial charge < -0.3 is 20.1 Å². The van der Waals surface area contributed by atoms with Gasteiger partial charge in [-0.25, -0.2) is 4.99 Å². The zero-order valence-corrected chi connectivity index (χ0v) is 19.0. The van der Waals surface area contributed by atoms with Crippen molar-refractivity contribution in [1.82, 2.24) is 14.9 Å². The van der Waals surface area contributed by atoms with Crippen LogP contribution in [-0.4, -0.2) is 77.1 Å². The molecular weight excluding hydrogens is 416 g/mol. The lowest BCUT2D eigenvalue weighted by molar-refractivity contribution is -0.151. The lowest BCUT2D eigenvalue weighted by atomic mass is 9.98. The van der Waals surface area contributed by atoms with E-state index in [-0.39, 0.29) is 42.2 Å². The van der Waals surface area contributed by atoms with Gasteiger partial charge in [0.05, 0.1) is 12.4 Å². The van der Waals surface area contributed by atoms with Gasteiger partial charge in [0.2, 0.25) is 11.9 Å². The Morgan fingerprint density at radius 3 is 2.69 bits per heavy atom. The minimum atomic E-state index is -1.20. The number of carbonyl (C=O) groups excluding carboxylic acids is 2. The molecule has 3 N–H and O–H groups in total. The fraction of sp³-hybridized carbons (Fsp3) is 0.667. The molecule has 0 radical (unpaired) electrons. The number of hydrogen-bond donors (Lipinski definition) is 3. The number of carbonyl (C=O) groups is 2. The Balaban J connectivity index is 1.97. The molecule has 1 unspecified atom stereocenters. The van der Waals surface area contributed by atoms with Gasteiger partial charge in [-0.1, -0.05) is 12.8 Å². The normalized spacial score (nSPS) is 20.5. The van der Waals surface area contributed by atoms with Crippen molar-refractivity contribution in [2.24, 2.45) is 10.9 Å². The van der Waals surface area contributed by atoms with Crippen molar-refractivity contribution in [1.29, 1.82) is 0 Å². The molecule has 3 atom stereocenters. The first kappa shape index (κ1) is 23.7. The van der Waals surface area contributed by atoms with Gasteiger partial charge in [0.1, 0.15) is 12.2 Å². The molecule has 1 aliphatic carbocycles. The summed E-state index contributed by atoms with van der Waals surface area (Å²) in [4.78, 5) is 51.9. The molecule has 32 heavy (non-hydrogen) atoms. The Labute approximate surface area is 186 Å². The third-order valence-corrected chi connectivity index (χ3v) is 5.78. The van der Waals surface area contributed by atoms with E-state index in [0.29, 0.717) is 0 Å². The molecule has 3 rings (SSSR count). The van der Waals surface area contributed by atoms with E-state index in [1.54, 1.807) is 25.9 Å². The molecule has 0 spiro atoms. The van der Waals surface area contributed by atoms with Gasteiger partial charge in [0.15, 0.2) is 11.5 Å². The van der Waals surface area contributed by atoms with Gasteiger partial charge in [0.25, 0.3) is 5.56 Å². The number of esters is 1. The average Bonchev–Trinajstić information content (AvgIpc) is 3.23. The number of aliphatic hydroxyl groups is 1. The van der Waals surface area contributed by atoms with Crippen LogP contribution in [0.15, 0.2) is 9.79 Å². The molecular formula is C21H32N6O5. The van der Waals surface area contributed by atoms with Crippen LogP contribution in [0.4, 0.5) is 17.5 Å². The first-order valence-corrected chi connectivity index (χ1v) is 10.9. The summed E-state index contributed by atoms with van der Waals surface area (Å²) in [5.41, 5.74) is -0.493. The number of nitrogens with zero attached hydrogens (tertiary/aromatic N) is 4. The second-order valence-electron chi connectivity index (χ2n) is 8.67. The minimum Gasteiger partial charge on any atom is -0.460 e. The second kappa shape index (κ2) is 10.1. The molecule has 1 aromatic heterocycles. The van der Waals surface area contributed by atoms with Crippen molar-refractivity contribution < 1.29 is 19.4 Å². The molecule has 1 amide bonds. The summed E-state index contributed by atoms with van der Waals surface area (Å²) in [6.07, 6.45) is 3.83. The highest BCUT2D eigenvalue weighted by Gasteiger charge is 2.41. The summed E-state index contributed by atoms with van der Waals surface area (Å²) in [5.74, 6) is -0.211. The molecule has 1 aliphatic heterocycles. The van der Waals surface area contributed by atoms with Crippen LogP contribution in [0.1, 0.15) is 46.0 Å². The van der Waals surface area contributed by atoms with E-state index < -0.39 is 29.8 Å². The molecule has 11 nitrogen and oxygen atoms in total. The van der Waals surface area contributed by atoms with Crippen molar-refractivity contribution in [2.75, 3.05) is 30.9 Å². The number of fused-ring (bicyclic) bond motifs is 1. The third-order valence-electron chi connectivity index (χ3n) is 5.78. The van der Waals surface area contributed by atoms with Crippen LogP contribution in [0.5, 0.6) is 0 Å². The van der Waals surface area contributed by atoms with Crippen molar-refractivity contribution in [3.63, 3.8) is 0 Å². The fourth-order valence-electron chi connectivity index (χ4n) is 4.28. The van der Waals surface area contributed by atoms with Gasteiger partial charge in [-0.05, 0) is 25.7 Å². The zero-order valence-electron chi connectivity index (χ0n) is 19.0. The van der Waals surface area contributed by atoms with Gasteiger partial charge in [0, 0.05) is 34.0 Å². The Morgan fingerprint density at radius 2 is 2.06 bits per heavy atom. The molecule has 1 aromatic rings. The number of amides is 1. The maximum absolute atomic E-state index is 13.4. The highest BCUT2D eigenvalue weighted by molar-refractivity contribution is 5.97. The quantitative estimate of drug-likeness (QED) is 0.319. The molecule has 2 aliphatic rings. The van der Waals surface area contributed by atoms with E-state index in [9.17, 15) is 19.5 Å². The Morgan fingerprint density at radius 1 is 1.38 bits per heavy atom. The summed E-state index contributed by atoms with van der Waals surface area (Å²) in [6, 6.07) is -0.801. The number of nitrogens with one attached hydrogen (secondary N) is 2. The highest BCUT2D eigenvalue weighted by Crippen LogP contribution is 2.33. The van der Waals surface area contributed by atoms with E-state index in [1.165, 1.54) is 18.2 Å². The predicted molar refractivity (Wildman–Crippen MR) is 120 cm³/mol. The van der Waals surface area contributed by atoms with Crippen molar-refractivity contribution in [3.05, 3.63) is 10.4 Å². The standard InChI is InChI=1S/C21H32N6O5/c1-12(32-13(2)28)18(30)15-10-22-19-17(20(31)25-21(24-19)23-11-26(3)4)27(15)16(29)9-14-7-5-6-8-14/h11-12,14-15,18,30H,5-10H2,1-4H3,(H2,22,24,25,31)/t12-,15?,18-/m0/s1. The molecule has 1 fully saturated rings. The van der Waals surface area contributed by atoms with E-state index in [1.807, 2.05) is 0 Å². The first-order valence-electron chi connectivity index (χ1n) is 10.9. The summed E-state index contributed by atoms with van der Waals surface area (Å²) < 4.78 is 5.14. The lowest BCUT2D eigenvalue weighted by Crippen LogP contribution is -2.58. The number of H-pyrrole nitrogens is 1. The largest absolute Gasteiger partial charge is 0.460 e. The number of aliphatic hydroxyl groups excluding tert-OH is 1. The Kier molecular flexibility index (Phi) is 7.49. The Hall–Kier alpha value is -2.95. The number of anilines is 2. The number of rotatable bonds is 7. The average molecular weight is 449 g/mol. The van der Waals surface area contributed by atoms with Crippen LogP contribution in [0, 0.1) is 5.92 Å². The van der Waals surface area contributed by atoms with Crippen LogP contribution in [-0.2, 0) is 14.3 Å². The molecule has 0 bridgehead atoms. The topological polar surface area (TPSA) is 140 Å². The van der Waals surface area contributed by atoms with Crippen LogP contribution < -0.4 is 15.8 Å². The lowest BCUT2D eigenvalue weighted by Gasteiger charge is -2.40. The van der Waals surface area contributed by atoms with E-state index >= 15 is 0 Å². The number of aromatic amines is 1. The molecule has 0 aromatic carbocycles. The summed E-state index contributed by atoms with van der Waals surface area (Å²) in [6.45, 7) is 2.96. The maximum Gasteiger partial charge on any atom is 0.302 e. The van der Waals surface area contributed by atoms with Crippen molar-refractivity contribution in [2.45, 2.75) is 64.2 Å². The zero-order chi connectivity index (χ0) is 23.4. The Bertz CT molecular complexity index is 924. The second-order valence-corrected chi connectivity index (χ2v) is 8.67. The van der Waals surface area contributed by atoms with E-state index in [0.717, 1.165) is 25.7 Å². The molecule has 176 valence electrons. The van der Waals surface area contributed by atoms with Crippen LogP contribution in [0.2, 0.25) is 0 Å². The molecule has 11 heteroatoms. The molecule has 2 heterocycles. The van der Waals surface area contributed by atoms with Crippen LogP contribution in [0.25, 0.3) is 0 Å². The monoisotopic (exact) mass is 448 g/mol. The fourth-order valence-corrected chi connectivity index (χ4v) is 4.28. The smallest absolute Gasteiger partial charge is 0.302 e. The minimum absolute atomic E-state index is 0.0436. The summed E-state index contributed by atoms with van der Waals surface area (Å²) in [5, 5.41) is 14.0. The number of aromatic nitrogens is 2. The number of hydrogen-bond acceptors (Lipinski definition) is 8. The number of ether oxygens (including phenoxy) is 1. The van der Waals surface area contributed by atoms with Crippen LogP contribution in [0.3, 0.4) is 0 Å². The van der Waals surface area contributed by atoms with Gasteiger partial charge in [-0.2, -0.15) is 4.98 Å². The predicted octanol–water partition coefficient (Wildman–Crippen LogP) is 1.01. The maximum atomic E-state index is 13.4. The van der Waals surface area contributed by atoms with Crippen molar-refractivity contribution in [3.8, 4) is 0 Å². The number of aliphatic imine (C=N–C) groups is 1. The van der Waals surface area contributed by atoms with E-state index in [4.69, 9.17) is 4.74 Å².